The second kappa shape index (κ2) is 7.61. The van der Waals surface area contributed by atoms with Crippen molar-refractivity contribution in [1.82, 2.24) is 10.2 Å². The Morgan fingerprint density at radius 3 is 1.91 bits per heavy atom. The molecule has 0 N–H and O–H groups in total. The summed E-state index contributed by atoms with van der Waals surface area (Å²) in [5.41, 5.74) is 2.10. The lowest BCUT2D eigenvalue weighted by Gasteiger charge is -2.09. The van der Waals surface area contributed by atoms with Crippen molar-refractivity contribution < 1.29 is 9.47 Å². The third-order valence-electron chi connectivity index (χ3n) is 3.16. The summed E-state index contributed by atoms with van der Waals surface area (Å²) in [5.74, 6) is 0.829. The Kier molecular flexibility index (Phi) is 5.06. The molecule has 0 bridgehead atoms. The van der Waals surface area contributed by atoms with E-state index in [1.807, 2.05) is 60.7 Å². The summed E-state index contributed by atoms with van der Waals surface area (Å²) in [6.45, 7) is 0.819. The number of benzene rings is 2. The molecule has 0 aliphatic heterocycles. The second-order valence-electron chi connectivity index (χ2n) is 4.89. The van der Waals surface area contributed by atoms with Crippen LogP contribution in [0.3, 0.4) is 0 Å². The molecule has 1 aromatic heterocycles. The number of hydrogen-bond acceptors (Lipinski definition) is 4. The van der Waals surface area contributed by atoms with Gasteiger partial charge in [0.2, 0.25) is 5.88 Å². The average molecular weight is 327 g/mol. The van der Waals surface area contributed by atoms with Crippen LogP contribution >= 0.6 is 11.6 Å². The van der Waals surface area contributed by atoms with E-state index in [-0.39, 0.29) is 5.15 Å². The van der Waals surface area contributed by atoms with Gasteiger partial charge in [0.25, 0.3) is 0 Å². The largest absolute Gasteiger partial charge is 0.485 e. The fourth-order valence-electron chi connectivity index (χ4n) is 1.98. The molecule has 0 aliphatic carbocycles. The van der Waals surface area contributed by atoms with Crippen molar-refractivity contribution in [2.24, 2.45) is 0 Å². The molecule has 116 valence electrons. The zero-order valence-electron chi connectivity index (χ0n) is 12.4. The predicted octanol–water partition coefficient (Wildman–Crippen LogP) is 4.29. The highest BCUT2D eigenvalue weighted by Crippen LogP contribution is 2.25. The summed E-state index contributed by atoms with van der Waals surface area (Å²) < 4.78 is 11.3. The number of ether oxygens (including phenoxy) is 2. The molecule has 0 aliphatic rings. The topological polar surface area (TPSA) is 44.2 Å². The van der Waals surface area contributed by atoms with Crippen LogP contribution in [0.25, 0.3) is 0 Å². The van der Waals surface area contributed by atoms with E-state index >= 15 is 0 Å². The minimum Gasteiger partial charge on any atom is -0.485 e. The molecule has 2 aromatic carbocycles. The molecule has 0 radical (unpaired) electrons. The summed E-state index contributed by atoms with van der Waals surface area (Å²) in [5, 5.41) is 8.01. The van der Waals surface area contributed by atoms with E-state index in [2.05, 4.69) is 10.2 Å². The van der Waals surface area contributed by atoms with E-state index < -0.39 is 0 Å². The van der Waals surface area contributed by atoms with E-state index in [9.17, 15) is 0 Å². The molecule has 3 aromatic rings. The van der Waals surface area contributed by atoms with Gasteiger partial charge in [0.05, 0.1) is 0 Å². The van der Waals surface area contributed by atoms with Gasteiger partial charge in [-0.05, 0) is 11.1 Å². The van der Waals surface area contributed by atoms with Crippen LogP contribution in [0, 0.1) is 0 Å². The first-order valence-corrected chi connectivity index (χ1v) is 7.56. The first-order chi connectivity index (χ1) is 11.3. The Hall–Kier alpha value is -2.59. The third kappa shape index (κ3) is 4.44. The molecule has 0 spiro atoms. The molecule has 0 saturated carbocycles. The lowest BCUT2D eigenvalue weighted by atomic mass is 10.2. The zero-order chi connectivity index (χ0) is 15.9. The van der Waals surface area contributed by atoms with Crippen molar-refractivity contribution in [3.05, 3.63) is 83.0 Å². The molecular weight excluding hydrogens is 312 g/mol. The first kappa shape index (κ1) is 15.3. The summed E-state index contributed by atoms with van der Waals surface area (Å²) in [6.07, 6.45) is 0. The number of nitrogens with zero attached hydrogens (tertiary/aromatic N) is 2. The molecule has 3 rings (SSSR count). The van der Waals surface area contributed by atoms with Gasteiger partial charge in [-0.2, -0.15) is 0 Å². The molecule has 5 heteroatoms. The molecular formula is C18H15ClN2O2. The minimum absolute atomic E-state index is 0.216. The summed E-state index contributed by atoms with van der Waals surface area (Å²) >= 11 is 6.03. The van der Waals surface area contributed by atoms with Gasteiger partial charge in [0.1, 0.15) is 13.2 Å². The number of rotatable bonds is 6. The van der Waals surface area contributed by atoms with Crippen LogP contribution in [-0.2, 0) is 13.2 Å². The van der Waals surface area contributed by atoms with Gasteiger partial charge in [-0.25, -0.2) is 0 Å². The van der Waals surface area contributed by atoms with Gasteiger partial charge >= 0.3 is 0 Å². The molecule has 0 amide bonds. The molecule has 23 heavy (non-hydrogen) atoms. The number of aromatic nitrogens is 2. The SMILES string of the molecule is Clc1nnc(OCc2ccccc2)cc1OCc1ccccc1. The highest BCUT2D eigenvalue weighted by molar-refractivity contribution is 6.30. The van der Waals surface area contributed by atoms with Crippen molar-refractivity contribution in [1.29, 1.82) is 0 Å². The monoisotopic (exact) mass is 326 g/mol. The van der Waals surface area contributed by atoms with Crippen LogP contribution in [0.5, 0.6) is 11.6 Å². The van der Waals surface area contributed by atoms with Crippen molar-refractivity contribution in [2.45, 2.75) is 13.2 Å². The Morgan fingerprint density at radius 1 is 0.739 bits per heavy atom. The fraction of sp³-hybridized carbons (Fsp3) is 0.111. The van der Waals surface area contributed by atoms with Gasteiger partial charge in [-0.15, -0.1) is 10.2 Å². The summed E-state index contributed by atoms with van der Waals surface area (Å²) in [6, 6.07) is 21.3. The highest BCUT2D eigenvalue weighted by Gasteiger charge is 2.08. The maximum atomic E-state index is 6.03. The van der Waals surface area contributed by atoms with Crippen LogP contribution in [0.1, 0.15) is 11.1 Å². The van der Waals surface area contributed by atoms with E-state index in [1.165, 1.54) is 0 Å². The molecule has 0 atom stereocenters. The molecule has 0 saturated heterocycles. The van der Waals surface area contributed by atoms with Crippen LogP contribution in [0.15, 0.2) is 66.7 Å². The van der Waals surface area contributed by atoms with Crippen LogP contribution in [0.2, 0.25) is 5.15 Å². The predicted molar refractivity (Wildman–Crippen MR) is 88.6 cm³/mol. The summed E-state index contributed by atoms with van der Waals surface area (Å²) in [4.78, 5) is 0. The van der Waals surface area contributed by atoms with Crippen molar-refractivity contribution in [3.63, 3.8) is 0 Å². The number of halogens is 1. The van der Waals surface area contributed by atoms with E-state index in [0.717, 1.165) is 11.1 Å². The lowest BCUT2D eigenvalue weighted by molar-refractivity contribution is 0.276. The van der Waals surface area contributed by atoms with Crippen LogP contribution in [0.4, 0.5) is 0 Å². The van der Waals surface area contributed by atoms with Crippen molar-refractivity contribution in [2.75, 3.05) is 0 Å². The van der Waals surface area contributed by atoms with Gasteiger partial charge in [-0.1, -0.05) is 72.3 Å². The second-order valence-corrected chi connectivity index (χ2v) is 5.24. The average Bonchev–Trinajstić information content (AvgIpc) is 2.62. The van der Waals surface area contributed by atoms with E-state index in [1.54, 1.807) is 6.07 Å². The molecule has 1 heterocycles. The van der Waals surface area contributed by atoms with Crippen LogP contribution < -0.4 is 9.47 Å². The Balaban J connectivity index is 1.64. The van der Waals surface area contributed by atoms with Gasteiger partial charge < -0.3 is 9.47 Å². The number of hydrogen-bond donors (Lipinski definition) is 0. The van der Waals surface area contributed by atoms with E-state index in [0.29, 0.717) is 24.8 Å². The maximum absolute atomic E-state index is 6.03. The fourth-order valence-corrected chi connectivity index (χ4v) is 2.13. The third-order valence-corrected chi connectivity index (χ3v) is 3.42. The Labute approximate surface area is 139 Å². The smallest absolute Gasteiger partial charge is 0.237 e. The maximum Gasteiger partial charge on any atom is 0.237 e. The van der Waals surface area contributed by atoms with E-state index in [4.69, 9.17) is 21.1 Å². The molecule has 0 fully saturated rings. The van der Waals surface area contributed by atoms with Crippen molar-refractivity contribution >= 4 is 11.6 Å². The van der Waals surface area contributed by atoms with Gasteiger partial charge in [0, 0.05) is 6.07 Å². The minimum atomic E-state index is 0.216. The quantitative estimate of drug-likeness (QED) is 0.678. The first-order valence-electron chi connectivity index (χ1n) is 7.18. The zero-order valence-corrected chi connectivity index (χ0v) is 13.1. The Morgan fingerprint density at radius 2 is 1.30 bits per heavy atom. The Bertz CT molecular complexity index is 751. The molecule has 0 unspecified atom stereocenters. The standard InChI is InChI=1S/C18H15ClN2O2/c19-18-16(22-12-14-7-3-1-4-8-14)11-17(20-21-18)23-13-15-9-5-2-6-10-15/h1-11H,12-13H2. The van der Waals surface area contributed by atoms with Gasteiger partial charge in [-0.3, -0.25) is 0 Å². The lowest BCUT2D eigenvalue weighted by Crippen LogP contribution is -2.01. The van der Waals surface area contributed by atoms with Crippen molar-refractivity contribution in [3.8, 4) is 11.6 Å². The highest BCUT2D eigenvalue weighted by atomic mass is 35.5. The molecule has 4 nitrogen and oxygen atoms in total. The van der Waals surface area contributed by atoms with Gasteiger partial charge in [0.15, 0.2) is 10.9 Å². The van der Waals surface area contributed by atoms with Crippen LogP contribution in [-0.4, -0.2) is 10.2 Å². The normalized spacial score (nSPS) is 10.3. The summed E-state index contributed by atoms with van der Waals surface area (Å²) in [7, 11) is 0.